The quantitative estimate of drug-likeness (QED) is 0.328. The van der Waals surface area contributed by atoms with Gasteiger partial charge >= 0.3 is 0 Å². The molecule has 1 N–H and O–H groups in total. The second kappa shape index (κ2) is 10.1. The fraction of sp³-hybridized carbons (Fsp3) is 0.481. The normalized spacial score (nSPS) is 13.5. The number of fused-ring (bicyclic) bond motifs is 2. The Balaban J connectivity index is 1.65. The molecule has 0 aliphatic heterocycles. The summed E-state index contributed by atoms with van der Waals surface area (Å²) in [7, 11) is -0.934. The summed E-state index contributed by atoms with van der Waals surface area (Å²) in [6, 6.07) is 8.99. The molecule has 3 heterocycles. The van der Waals surface area contributed by atoms with Crippen molar-refractivity contribution in [2.45, 2.75) is 52.4 Å². The van der Waals surface area contributed by atoms with Crippen molar-refractivity contribution in [1.29, 1.82) is 0 Å². The SMILES string of the molecule is CCC(CCN(C)CCS(C)(=O)=O)c1ccc2[nH]c(-c3cc(C)c4nncn4c3)c(C(C)C)c2c1. The van der Waals surface area contributed by atoms with Gasteiger partial charge in [0.25, 0.3) is 0 Å². The lowest BCUT2D eigenvalue weighted by Gasteiger charge is -2.21. The number of aryl methyl sites for hydroxylation is 1. The van der Waals surface area contributed by atoms with Gasteiger partial charge in [0, 0.05) is 35.5 Å². The highest BCUT2D eigenvalue weighted by atomic mass is 32.2. The number of nitrogens with zero attached hydrogens (tertiary/aromatic N) is 4. The Morgan fingerprint density at radius 2 is 1.94 bits per heavy atom. The molecule has 0 spiro atoms. The zero-order chi connectivity index (χ0) is 25.3. The van der Waals surface area contributed by atoms with E-state index in [0.29, 0.717) is 18.4 Å². The van der Waals surface area contributed by atoms with Gasteiger partial charge in [-0.25, -0.2) is 8.42 Å². The summed E-state index contributed by atoms with van der Waals surface area (Å²) in [5.41, 5.74) is 8.08. The Hall–Kier alpha value is -2.71. The Labute approximate surface area is 208 Å². The highest BCUT2D eigenvalue weighted by Gasteiger charge is 2.20. The van der Waals surface area contributed by atoms with Gasteiger partial charge in [-0.2, -0.15) is 0 Å². The van der Waals surface area contributed by atoms with Crippen LogP contribution in [0.3, 0.4) is 0 Å². The van der Waals surface area contributed by atoms with E-state index >= 15 is 0 Å². The third-order valence-corrected chi connectivity index (χ3v) is 7.90. The van der Waals surface area contributed by atoms with E-state index in [-0.39, 0.29) is 5.75 Å². The van der Waals surface area contributed by atoms with Gasteiger partial charge in [-0.3, -0.25) is 4.40 Å². The number of H-pyrrole nitrogens is 1. The van der Waals surface area contributed by atoms with Gasteiger partial charge in [0.1, 0.15) is 16.2 Å². The van der Waals surface area contributed by atoms with Gasteiger partial charge in [0.2, 0.25) is 0 Å². The molecule has 0 amide bonds. The van der Waals surface area contributed by atoms with Crippen molar-refractivity contribution < 1.29 is 8.42 Å². The third-order valence-electron chi connectivity index (χ3n) is 6.97. The summed E-state index contributed by atoms with van der Waals surface area (Å²) in [4.78, 5) is 5.82. The fourth-order valence-electron chi connectivity index (χ4n) is 4.97. The van der Waals surface area contributed by atoms with Gasteiger partial charge in [0.15, 0.2) is 5.65 Å². The number of pyridine rings is 1. The maximum atomic E-state index is 11.5. The maximum absolute atomic E-state index is 11.5. The van der Waals surface area contributed by atoms with Crippen LogP contribution in [0.1, 0.15) is 62.1 Å². The van der Waals surface area contributed by atoms with Crippen molar-refractivity contribution in [3.8, 4) is 11.3 Å². The molecule has 0 saturated heterocycles. The molecule has 0 bridgehead atoms. The Morgan fingerprint density at radius 3 is 2.63 bits per heavy atom. The molecule has 8 heteroatoms. The van der Waals surface area contributed by atoms with Crippen LogP contribution in [0.15, 0.2) is 36.8 Å². The van der Waals surface area contributed by atoms with Crippen molar-refractivity contribution in [1.82, 2.24) is 24.5 Å². The van der Waals surface area contributed by atoms with E-state index in [1.807, 2.05) is 11.4 Å². The average molecular weight is 496 g/mol. The van der Waals surface area contributed by atoms with E-state index in [9.17, 15) is 8.42 Å². The number of rotatable bonds is 10. The highest BCUT2D eigenvalue weighted by molar-refractivity contribution is 7.90. The molecule has 1 aromatic carbocycles. The van der Waals surface area contributed by atoms with E-state index in [1.54, 1.807) is 6.33 Å². The van der Waals surface area contributed by atoms with Crippen LogP contribution in [0, 0.1) is 6.92 Å². The van der Waals surface area contributed by atoms with Crippen LogP contribution in [0.25, 0.3) is 27.8 Å². The molecule has 3 aromatic heterocycles. The van der Waals surface area contributed by atoms with Gasteiger partial charge in [0.05, 0.1) is 11.4 Å². The second-order valence-electron chi connectivity index (χ2n) is 10.2. The summed E-state index contributed by atoms with van der Waals surface area (Å²) in [5, 5.41) is 9.55. The van der Waals surface area contributed by atoms with Crippen LogP contribution in [0.4, 0.5) is 0 Å². The van der Waals surface area contributed by atoms with Crippen LogP contribution in [0.5, 0.6) is 0 Å². The molecule has 0 saturated carbocycles. The van der Waals surface area contributed by atoms with E-state index in [0.717, 1.165) is 47.4 Å². The predicted molar refractivity (Wildman–Crippen MR) is 144 cm³/mol. The van der Waals surface area contributed by atoms with Crippen LogP contribution < -0.4 is 0 Å². The van der Waals surface area contributed by atoms with Gasteiger partial charge < -0.3 is 9.88 Å². The van der Waals surface area contributed by atoms with E-state index in [2.05, 4.69) is 78.2 Å². The summed E-state index contributed by atoms with van der Waals surface area (Å²) >= 11 is 0. The van der Waals surface area contributed by atoms with E-state index in [1.165, 1.54) is 22.8 Å². The number of sulfone groups is 1. The molecular weight excluding hydrogens is 458 g/mol. The van der Waals surface area contributed by atoms with Gasteiger partial charge in [-0.05, 0) is 80.1 Å². The first-order valence-electron chi connectivity index (χ1n) is 12.4. The first-order valence-corrected chi connectivity index (χ1v) is 14.5. The van der Waals surface area contributed by atoms with Crippen LogP contribution in [-0.4, -0.2) is 65.0 Å². The topological polar surface area (TPSA) is 83.4 Å². The van der Waals surface area contributed by atoms with E-state index in [4.69, 9.17) is 0 Å². The van der Waals surface area contributed by atoms with Crippen molar-refractivity contribution in [3.05, 3.63) is 53.5 Å². The number of aromatic amines is 1. The molecule has 188 valence electrons. The van der Waals surface area contributed by atoms with Crippen LogP contribution in [-0.2, 0) is 9.84 Å². The minimum absolute atomic E-state index is 0.205. The summed E-state index contributed by atoms with van der Waals surface area (Å²) < 4.78 is 25.0. The summed E-state index contributed by atoms with van der Waals surface area (Å²) in [6.07, 6.45) is 7.19. The fourth-order valence-corrected chi connectivity index (χ4v) is 5.61. The standard InChI is InChI=1S/C27H37N5O2S/c1-7-20(10-11-31(5)12-13-35(6,33)34)21-8-9-24-23(15-21)25(18(2)3)26(29-24)22-14-19(4)27-30-28-17-32(27)16-22/h8-9,14-18,20,29H,7,10-13H2,1-6H3. The Kier molecular flexibility index (Phi) is 7.33. The second-order valence-corrected chi connectivity index (χ2v) is 12.4. The summed E-state index contributed by atoms with van der Waals surface area (Å²) in [6.45, 7) is 10.2. The molecule has 7 nitrogen and oxygen atoms in total. The zero-order valence-electron chi connectivity index (χ0n) is 21.7. The van der Waals surface area contributed by atoms with E-state index < -0.39 is 9.84 Å². The lowest BCUT2D eigenvalue weighted by Crippen LogP contribution is -2.27. The molecule has 4 rings (SSSR count). The number of hydrogen-bond donors (Lipinski definition) is 1. The molecule has 0 aliphatic rings. The molecule has 0 radical (unpaired) electrons. The number of nitrogens with one attached hydrogen (secondary N) is 1. The molecule has 1 atom stereocenters. The Morgan fingerprint density at radius 1 is 1.17 bits per heavy atom. The van der Waals surface area contributed by atoms with Crippen molar-refractivity contribution >= 4 is 26.4 Å². The average Bonchev–Trinajstić information content (AvgIpc) is 3.42. The molecule has 0 fully saturated rings. The molecule has 1 unspecified atom stereocenters. The number of hydrogen-bond acceptors (Lipinski definition) is 5. The first kappa shape index (κ1) is 25.4. The monoisotopic (exact) mass is 495 g/mol. The van der Waals surface area contributed by atoms with Crippen molar-refractivity contribution in [2.75, 3.05) is 32.1 Å². The number of benzene rings is 1. The minimum Gasteiger partial charge on any atom is -0.354 e. The minimum atomic E-state index is -2.94. The predicted octanol–water partition coefficient (Wildman–Crippen LogP) is 5.17. The molecule has 4 aromatic rings. The first-order chi connectivity index (χ1) is 16.6. The lowest BCUT2D eigenvalue weighted by molar-refractivity contribution is 0.332. The zero-order valence-corrected chi connectivity index (χ0v) is 22.5. The lowest BCUT2D eigenvalue weighted by atomic mass is 9.90. The van der Waals surface area contributed by atoms with Crippen LogP contribution in [0.2, 0.25) is 0 Å². The molecular formula is C27H37N5O2S. The Bertz CT molecular complexity index is 1430. The number of aromatic nitrogens is 4. The van der Waals surface area contributed by atoms with Gasteiger partial charge in [-0.1, -0.05) is 26.8 Å². The maximum Gasteiger partial charge on any atom is 0.163 e. The van der Waals surface area contributed by atoms with Crippen molar-refractivity contribution in [2.24, 2.45) is 0 Å². The highest BCUT2D eigenvalue weighted by Crippen LogP contribution is 2.38. The largest absolute Gasteiger partial charge is 0.354 e. The smallest absolute Gasteiger partial charge is 0.163 e. The summed E-state index contributed by atoms with van der Waals surface area (Å²) in [5.74, 6) is 0.985. The molecule has 0 aliphatic carbocycles. The van der Waals surface area contributed by atoms with Crippen LogP contribution >= 0.6 is 0 Å². The van der Waals surface area contributed by atoms with Crippen molar-refractivity contribution in [3.63, 3.8) is 0 Å². The molecule has 35 heavy (non-hydrogen) atoms. The van der Waals surface area contributed by atoms with Gasteiger partial charge in [-0.15, -0.1) is 10.2 Å². The third kappa shape index (κ3) is 5.59.